The third-order valence-electron chi connectivity index (χ3n) is 5.55. The molecule has 0 spiro atoms. The first-order chi connectivity index (χ1) is 14.5. The van der Waals surface area contributed by atoms with Crippen LogP contribution in [0, 0.1) is 5.92 Å². The Morgan fingerprint density at radius 3 is 2.77 bits per heavy atom. The molecule has 1 saturated heterocycles. The van der Waals surface area contributed by atoms with Crippen molar-refractivity contribution in [2.75, 3.05) is 34.3 Å². The van der Waals surface area contributed by atoms with E-state index in [9.17, 15) is 9.59 Å². The van der Waals surface area contributed by atoms with Crippen molar-refractivity contribution in [1.29, 1.82) is 0 Å². The molecule has 7 heteroatoms. The molecule has 0 N–H and O–H groups in total. The van der Waals surface area contributed by atoms with Gasteiger partial charge in [-0.3, -0.25) is 14.0 Å². The molecule has 3 heterocycles. The van der Waals surface area contributed by atoms with Gasteiger partial charge in [0.05, 0.1) is 19.2 Å². The quantitative estimate of drug-likeness (QED) is 0.610. The zero-order chi connectivity index (χ0) is 21.3. The average molecular weight is 406 g/mol. The predicted molar refractivity (Wildman–Crippen MR) is 114 cm³/mol. The molecule has 1 aliphatic heterocycles. The van der Waals surface area contributed by atoms with Crippen LogP contribution in [0.3, 0.4) is 0 Å². The van der Waals surface area contributed by atoms with Crippen LogP contribution >= 0.6 is 0 Å². The lowest BCUT2D eigenvalue weighted by Crippen LogP contribution is -2.31. The summed E-state index contributed by atoms with van der Waals surface area (Å²) >= 11 is 0. The van der Waals surface area contributed by atoms with E-state index in [1.165, 1.54) is 12.7 Å². The maximum absolute atomic E-state index is 13.1. The number of methoxy groups -OCH3 is 1. The van der Waals surface area contributed by atoms with Gasteiger partial charge in [0.1, 0.15) is 11.3 Å². The second-order valence-electron chi connectivity index (χ2n) is 7.94. The normalized spacial score (nSPS) is 16.4. The van der Waals surface area contributed by atoms with E-state index in [0.717, 1.165) is 23.3 Å². The fraction of sp³-hybridized carbons (Fsp3) is 0.348. The number of likely N-dealkylation sites (tertiary alicyclic amines) is 1. The Morgan fingerprint density at radius 1 is 1.20 bits per heavy atom. The molecule has 3 aromatic rings. The highest BCUT2D eigenvalue weighted by atomic mass is 16.5. The van der Waals surface area contributed by atoms with Crippen LogP contribution in [0.1, 0.15) is 22.5 Å². The van der Waals surface area contributed by atoms with Crippen LogP contribution < -0.4 is 0 Å². The lowest BCUT2D eigenvalue weighted by atomic mass is 10.0. The molecule has 1 fully saturated rings. The SMILES string of the molecule is COC(=O)[C@H]1CCN(C(=O)c2cnc3ccc(-c4ccccc4CN(C)C)cn23)C1. The molecule has 4 rings (SSSR count). The van der Waals surface area contributed by atoms with Gasteiger partial charge in [0.2, 0.25) is 0 Å². The number of nitrogens with zero attached hydrogens (tertiary/aromatic N) is 4. The molecular weight excluding hydrogens is 380 g/mol. The van der Waals surface area contributed by atoms with Crippen LogP contribution in [-0.4, -0.2) is 65.4 Å². The maximum Gasteiger partial charge on any atom is 0.310 e. The molecule has 1 aromatic carbocycles. The highest BCUT2D eigenvalue weighted by molar-refractivity contribution is 5.94. The van der Waals surface area contributed by atoms with Crippen LogP contribution in [0.25, 0.3) is 16.8 Å². The monoisotopic (exact) mass is 406 g/mol. The number of pyridine rings is 1. The smallest absolute Gasteiger partial charge is 0.310 e. The zero-order valence-electron chi connectivity index (χ0n) is 17.5. The number of aromatic nitrogens is 2. The molecule has 1 aliphatic rings. The van der Waals surface area contributed by atoms with E-state index >= 15 is 0 Å². The van der Waals surface area contributed by atoms with Crippen molar-refractivity contribution < 1.29 is 14.3 Å². The van der Waals surface area contributed by atoms with Crippen molar-refractivity contribution in [3.8, 4) is 11.1 Å². The van der Waals surface area contributed by atoms with Crippen molar-refractivity contribution >= 4 is 17.5 Å². The highest BCUT2D eigenvalue weighted by Gasteiger charge is 2.33. The number of ether oxygens (including phenoxy) is 1. The molecule has 2 aromatic heterocycles. The predicted octanol–water partition coefficient (Wildman–Crippen LogP) is 2.70. The van der Waals surface area contributed by atoms with Crippen molar-refractivity contribution in [2.45, 2.75) is 13.0 Å². The van der Waals surface area contributed by atoms with Gasteiger partial charge in [-0.2, -0.15) is 0 Å². The van der Waals surface area contributed by atoms with Crippen LogP contribution in [0.2, 0.25) is 0 Å². The summed E-state index contributed by atoms with van der Waals surface area (Å²) in [7, 11) is 5.47. The summed E-state index contributed by atoms with van der Waals surface area (Å²) in [5.41, 5.74) is 4.60. The van der Waals surface area contributed by atoms with Crippen LogP contribution in [0.5, 0.6) is 0 Å². The minimum atomic E-state index is -0.261. The number of esters is 1. The van der Waals surface area contributed by atoms with Gasteiger partial charge in [-0.1, -0.05) is 24.3 Å². The Hall–Kier alpha value is -3.19. The average Bonchev–Trinajstić information content (AvgIpc) is 3.40. The highest BCUT2D eigenvalue weighted by Crippen LogP contribution is 2.26. The Balaban J connectivity index is 1.66. The maximum atomic E-state index is 13.1. The molecule has 0 radical (unpaired) electrons. The Kier molecular flexibility index (Phi) is 5.55. The van der Waals surface area contributed by atoms with E-state index in [1.807, 2.05) is 49.0 Å². The number of hydrogen-bond acceptors (Lipinski definition) is 5. The second-order valence-corrected chi connectivity index (χ2v) is 7.94. The molecule has 30 heavy (non-hydrogen) atoms. The summed E-state index contributed by atoms with van der Waals surface area (Å²) in [6, 6.07) is 12.2. The van der Waals surface area contributed by atoms with Crippen molar-refractivity contribution in [3.05, 3.63) is 60.0 Å². The second kappa shape index (κ2) is 8.28. The Labute approximate surface area is 175 Å². The largest absolute Gasteiger partial charge is 0.469 e. The minimum absolute atomic E-state index is 0.118. The summed E-state index contributed by atoms with van der Waals surface area (Å²) in [4.78, 5) is 33.2. The number of rotatable bonds is 5. The number of amides is 1. The summed E-state index contributed by atoms with van der Waals surface area (Å²) in [5.74, 6) is -0.637. The first-order valence-electron chi connectivity index (χ1n) is 10.0. The number of carbonyl (C=O) groups is 2. The van der Waals surface area contributed by atoms with Gasteiger partial charge < -0.3 is 14.5 Å². The van der Waals surface area contributed by atoms with E-state index in [2.05, 4.69) is 22.0 Å². The molecular formula is C23H26N4O3. The van der Waals surface area contributed by atoms with Gasteiger partial charge in [0, 0.05) is 25.8 Å². The summed E-state index contributed by atoms with van der Waals surface area (Å²) < 4.78 is 6.67. The molecule has 7 nitrogen and oxygen atoms in total. The summed E-state index contributed by atoms with van der Waals surface area (Å²) in [6.07, 6.45) is 4.20. The number of carbonyl (C=O) groups excluding carboxylic acids is 2. The Morgan fingerprint density at radius 2 is 2.00 bits per heavy atom. The lowest BCUT2D eigenvalue weighted by Gasteiger charge is -2.17. The molecule has 156 valence electrons. The van der Waals surface area contributed by atoms with Gasteiger partial charge in [0.25, 0.3) is 5.91 Å². The summed E-state index contributed by atoms with van der Waals surface area (Å²) in [5, 5.41) is 0. The minimum Gasteiger partial charge on any atom is -0.469 e. The first kappa shape index (κ1) is 20.1. The van der Waals surface area contributed by atoms with E-state index in [0.29, 0.717) is 25.2 Å². The molecule has 0 unspecified atom stereocenters. The number of benzene rings is 1. The fourth-order valence-corrected chi connectivity index (χ4v) is 4.04. The first-order valence-corrected chi connectivity index (χ1v) is 10.0. The van der Waals surface area contributed by atoms with Crippen LogP contribution in [0.4, 0.5) is 0 Å². The zero-order valence-corrected chi connectivity index (χ0v) is 17.5. The van der Waals surface area contributed by atoms with Gasteiger partial charge in [-0.25, -0.2) is 4.98 Å². The van der Waals surface area contributed by atoms with Gasteiger partial charge in [-0.15, -0.1) is 0 Å². The molecule has 0 bridgehead atoms. The number of hydrogen-bond donors (Lipinski definition) is 0. The van der Waals surface area contributed by atoms with E-state index < -0.39 is 0 Å². The summed E-state index contributed by atoms with van der Waals surface area (Å²) in [6.45, 7) is 1.74. The number of fused-ring (bicyclic) bond motifs is 1. The molecule has 1 atom stereocenters. The van der Waals surface area contributed by atoms with Gasteiger partial charge in [0.15, 0.2) is 0 Å². The topological polar surface area (TPSA) is 67.2 Å². The van der Waals surface area contributed by atoms with Crippen molar-refractivity contribution in [2.24, 2.45) is 5.92 Å². The standard InChI is InChI=1S/C23H26N4O3/c1-25(2)13-16-6-4-5-7-19(16)17-8-9-21-24-12-20(27(21)15-17)22(28)26-11-10-18(14-26)23(29)30-3/h4-9,12,15,18H,10-11,13-14H2,1-3H3/t18-/m0/s1. The lowest BCUT2D eigenvalue weighted by molar-refractivity contribution is -0.144. The third kappa shape index (κ3) is 3.80. The van der Waals surface area contributed by atoms with Crippen LogP contribution in [-0.2, 0) is 16.1 Å². The van der Waals surface area contributed by atoms with Crippen molar-refractivity contribution in [3.63, 3.8) is 0 Å². The van der Waals surface area contributed by atoms with E-state index in [-0.39, 0.29) is 17.8 Å². The van der Waals surface area contributed by atoms with E-state index in [4.69, 9.17) is 4.74 Å². The number of imidazole rings is 1. The molecule has 0 saturated carbocycles. The van der Waals surface area contributed by atoms with Gasteiger partial charge >= 0.3 is 5.97 Å². The molecule has 0 aliphatic carbocycles. The van der Waals surface area contributed by atoms with Crippen LogP contribution in [0.15, 0.2) is 48.8 Å². The third-order valence-corrected chi connectivity index (χ3v) is 5.55. The van der Waals surface area contributed by atoms with Gasteiger partial charge in [-0.05, 0) is 49.3 Å². The molecule has 1 amide bonds. The Bertz CT molecular complexity index is 1090. The fourth-order valence-electron chi connectivity index (χ4n) is 4.04. The van der Waals surface area contributed by atoms with E-state index in [1.54, 1.807) is 11.1 Å². The van der Waals surface area contributed by atoms with Crippen molar-refractivity contribution in [1.82, 2.24) is 19.2 Å².